The van der Waals surface area contributed by atoms with Crippen LogP contribution in [0, 0.1) is 6.92 Å². The second-order valence-electron chi connectivity index (χ2n) is 6.66. The van der Waals surface area contributed by atoms with Gasteiger partial charge in [-0.1, -0.05) is 18.2 Å². The third-order valence-electron chi connectivity index (χ3n) is 4.61. The van der Waals surface area contributed by atoms with Crippen LogP contribution in [0.3, 0.4) is 0 Å². The van der Waals surface area contributed by atoms with Gasteiger partial charge in [0.2, 0.25) is 0 Å². The summed E-state index contributed by atoms with van der Waals surface area (Å²) in [5, 5.41) is 13.9. The number of ether oxygens (including phenoxy) is 1. The molecule has 0 saturated heterocycles. The molecule has 1 atom stereocenters. The Bertz CT molecular complexity index is 1030. The highest BCUT2D eigenvalue weighted by molar-refractivity contribution is 6.02. The number of anilines is 1. The quantitative estimate of drug-likeness (QED) is 0.715. The second kappa shape index (κ2) is 6.31. The van der Waals surface area contributed by atoms with E-state index in [0.29, 0.717) is 17.7 Å². The Labute approximate surface area is 155 Å². The molecule has 1 aromatic heterocycles. The molecule has 8 nitrogen and oxygen atoms in total. The summed E-state index contributed by atoms with van der Waals surface area (Å²) < 4.78 is 7.01. The molecule has 8 heteroatoms. The molecule has 0 bridgehead atoms. The summed E-state index contributed by atoms with van der Waals surface area (Å²) in [7, 11) is 0. The minimum Gasteiger partial charge on any atom is -0.445 e. The molecule has 27 heavy (non-hydrogen) atoms. The lowest BCUT2D eigenvalue weighted by Crippen LogP contribution is -2.48. The zero-order valence-corrected chi connectivity index (χ0v) is 14.8. The fraction of sp³-hybridized carbons (Fsp3) is 0.211. The molecular formula is C19H17N5O3. The van der Waals surface area contributed by atoms with Gasteiger partial charge in [0.05, 0.1) is 11.3 Å². The molecule has 4 rings (SSSR count). The first-order chi connectivity index (χ1) is 13.0. The molecule has 1 amide bonds. The minimum atomic E-state index is -1.27. The normalized spacial score (nSPS) is 18.5. The number of amides is 1. The molecule has 136 valence electrons. The standard InChI is InChI=1S/C19H17N5O3/c1-12-9-14(7-8-16(12)24-11-20-22-23-24)21-18(26)19(2)10-13-5-3-4-6-15(13)17(25)27-19/h3-9,11H,10H2,1-2H3,(H,21,26). The Kier molecular flexibility index (Phi) is 3.95. The van der Waals surface area contributed by atoms with Crippen LogP contribution >= 0.6 is 0 Å². The number of esters is 1. The van der Waals surface area contributed by atoms with Crippen LogP contribution < -0.4 is 5.32 Å². The molecule has 0 spiro atoms. The number of hydrogen-bond acceptors (Lipinski definition) is 6. The smallest absolute Gasteiger partial charge is 0.339 e. The number of hydrogen-bond donors (Lipinski definition) is 1. The van der Waals surface area contributed by atoms with Gasteiger partial charge >= 0.3 is 5.97 Å². The number of fused-ring (bicyclic) bond motifs is 1. The number of rotatable bonds is 3. The number of benzene rings is 2. The van der Waals surface area contributed by atoms with Crippen molar-refractivity contribution in [2.75, 3.05) is 5.32 Å². The van der Waals surface area contributed by atoms with Gasteiger partial charge in [-0.3, -0.25) is 4.79 Å². The van der Waals surface area contributed by atoms with Crippen molar-refractivity contribution in [3.63, 3.8) is 0 Å². The van der Waals surface area contributed by atoms with Crippen molar-refractivity contribution in [3.05, 3.63) is 65.5 Å². The van der Waals surface area contributed by atoms with Gasteiger partial charge in [0, 0.05) is 12.1 Å². The lowest BCUT2D eigenvalue weighted by Gasteiger charge is -2.33. The molecule has 0 aliphatic carbocycles. The van der Waals surface area contributed by atoms with E-state index in [9.17, 15) is 9.59 Å². The number of carbonyl (C=O) groups excluding carboxylic acids is 2. The van der Waals surface area contributed by atoms with Crippen LogP contribution in [0.15, 0.2) is 48.8 Å². The number of cyclic esters (lactones) is 1. The van der Waals surface area contributed by atoms with Gasteiger partial charge in [0.25, 0.3) is 5.91 Å². The third kappa shape index (κ3) is 3.05. The van der Waals surface area contributed by atoms with Crippen LogP contribution in [0.25, 0.3) is 5.69 Å². The second-order valence-corrected chi connectivity index (χ2v) is 6.66. The Morgan fingerprint density at radius 1 is 1.26 bits per heavy atom. The molecule has 1 aliphatic rings. The predicted molar refractivity (Wildman–Crippen MR) is 96.5 cm³/mol. The van der Waals surface area contributed by atoms with Crippen LogP contribution in [0.2, 0.25) is 0 Å². The summed E-state index contributed by atoms with van der Waals surface area (Å²) in [6, 6.07) is 12.5. The van der Waals surface area contributed by atoms with E-state index in [4.69, 9.17) is 4.74 Å². The van der Waals surface area contributed by atoms with Gasteiger partial charge in [-0.2, -0.15) is 0 Å². The molecule has 1 aliphatic heterocycles. The molecule has 0 saturated carbocycles. The zero-order chi connectivity index (χ0) is 19.0. The van der Waals surface area contributed by atoms with Gasteiger partial charge in [0.1, 0.15) is 6.33 Å². The van der Waals surface area contributed by atoms with Crippen molar-refractivity contribution in [1.82, 2.24) is 20.2 Å². The van der Waals surface area contributed by atoms with Crippen molar-refractivity contribution in [2.24, 2.45) is 0 Å². The van der Waals surface area contributed by atoms with Gasteiger partial charge in [0.15, 0.2) is 5.60 Å². The highest BCUT2D eigenvalue weighted by Gasteiger charge is 2.42. The monoisotopic (exact) mass is 363 g/mol. The molecular weight excluding hydrogens is 346 g/mol. The van der Waals surface area contributed by atoms with Crippen LogP contribution in [0.1, 0.15) is 28.4 Å². The summed E-state index contributed by atoms with van der Waals surface area (Å²) in [4.78, 5) is 25.1. The third-order valence-corrected chi connectivity index (χ3v) is 4.61. The Balaban J connectivity index is 1.56. The van der Waals surface area contributed by atoms with Crippen molar-refractivity contribution in [3.8, 4) is 5.69 Å². The first-order valence-corrected chi connectivity index (χ1v) is 8.43. The SMILES string of the molecule is Cc1cc(NC(=O)C2(C)Cc3ccccc3C(=O)O2)ccc1-n1cnnn1. The predicted octanol–water partition coefficient (Wildman–Crippen LogP) is 2.08. The summed E-state index contributed by atoms with van der Waals surface area (Å²) >= 11 is 0. The van der Waals surface area contributed by atoms with Crippen molar-refractivity contribution < 1.29 is 14.3 Å². The topological polar surface area (TPSA) is 99.0 Å². The van der Waals surface area contributed by atoms with E-state index in [2.05, 4.69) is 20.8 Å². The fourth-order valence-electron chi connectivity index (χ4n) is 3.18. The van der Waals surface area contributed by atoms with E-state index in [-0.39, 0.29) is 5.91 Å². The number of carbonyl (C=O) groups is 2. The Morgan fingerprint density at radius 2 is 2.07 bits per heavy atom. The number of aryl methyl sites for hydroxylation is 1. The minimum absolute atomic E-state index is 0.322. The van der Waals surface area contributed by atoms with E-state index < -0.39 is 11.6 Å². The number of nitrogens with zero attached hydrogens (tertiary/aromatic N) is 4. The van der Waals surface area contributed by atoms with Crippen LogP contribution in [0.4, 0.5) is 5.69 Å². The van der Waals surface area contributed by atoms with Gasteiger partial charge in [-0.15, -0.1) is 5.10 Å². The molecule has 2 heterocycles. The average Bonchev–Trinajstić information content (AvgIpc) is 3.16. The number of nitrogens with one attached hydrogen (secondary N) is 1. The molecule has 1 N–H and O–H groups in total. The summed E-state index contributed by atoms with van der Waals surface area (Å²) in [6.45, 7) is 3.52. The maximum absolute atomic E-state index is 12.8. The first kappa shape index (κ1) is 16.9. The first-order valence-electron chi connectivity index (χ1n) is 8.43. The Morgan fingerprint density at radius 3 is 2.81 bits per heavy atom. The maximum atomic E-state index is 12.8. The zero-order valence-electron chi connectivity index (χ0n) is 14.8. The Hall–Kier alpha value is -3.55. The summed E-state index contributed by atoms with van der Waals surface area (Å²) in [5.74, 6) is -0.861. The lowest BCUT2D eigenvalue weighted by molar-refractivity contribution is -0.134. The summed E-state index contributed by atoms with van der Waals surface area (Å²) in [6.07, 6.45) is 1.82. The van der Waals surface area contributed by atoms with E-state index in [0.717, 1.165) is 16.8 Å². The maximum Gasteiger partial charge on any atom is 0.339 e. The average molecular weight is 363 g/mol. The van der Waals surface area contributed by atoms with Crippen molar-refractivity contribution in [1.29, 1.82) is 0 Å². The van der Waals surface area contributed by atoms with E-state index >= 15 is 0 Å². The van der Waals surface area contributed by atoms with Gasteiger partial charge < -0.3 is 10.1 Å². The molecule has 3 aromatic rings. The molecule has 2 aromatic carbocycles. The fourth-order valence-corrected chi connectivity index (χ4v) is 3.18. The lowest BCUT2D eigenvalue weighted by atomic mass is 9.89. The largest absolute Gasteiger partial charge is 0.445 e. The molecule has 0 fully saturated rings. The number of aromatic nitrogens is 4. The highest BCUT2D eigenvalue weighted by atomic mass is 16.6. The summed E-state index contributed by atoms with van der Waals surface area (Å²) in [5.41, 5.74) is 2.33. The van der Waals surface area contributed by atoms with Crippen LogP contribution in [0.5, 0.6) is 0 Å². The highest BCUT2D eigenvalue weighted by Crippen LogP contribution is 2.29. The number of tetrazole rings is 1. The van der Waals surface area contributed by atoms with Crippen LogP contribution in [-0.4, -0.2) is 37.7 Å². The molecule has 0 radical (unpaired) electrons. The van der Waals surface area contributed by atoms with E-state index in [1.54, 1.807) is 29.8 Å². The molecule has 1 unspecified atom stereocenters. The van der Waals surface area contributed by atoms with Crippen molar-refractivity contribution in [2.45, 2.75) is 25.9 Å². The van der Waals surface area contributed by atoms with Crippen molar-refractivity contribution >= 4 is 17.6 Å². The van der Waals surface area contributed by atoms with Gasteiger partial charge in [-0.25, -0.2) is 9.48 Å². The van der Waals surface area contributed by atoms with Crippen LogP contribution in [-0.2, 0) is 16.0 Å². The van der Waals surface area contributed by atoms with E-state index in [1.807, 2.05) is 31.2 Å². The van der Waals surface area contributed by atoms with E-state index in [1.165, 1.54) is 6.33 Å². The van der Waals surface area contributed by atoms with Gasteiger partial charge in [-0.05, 0) is 59.7 Å².